The number of nitrogens with two attached hydrogens (primary N) is 1. The lowest BCUT2D eigenvalue weighted by molar-refractivity contribution is 0.0818. The number of nitrogen functional groups attached to an aromatic ring is 1. The van der Waals surface area contributed by atoms with Gasteiger partial charge in [0.2, 0.25) is 0 Å². The molecule has 1 atom stereocenters. The molecule has 4 aromatic rings. The number of hydrogen-bond donors (Lipinski definition) is 3. The standard InChI is InChI=1S/C27H36N6O/c1-17-29-26-22(14-25(28)32-27(26)30-17)24-13-20-11-19(9-10-23(20)31-24)15-33(2)21(16-34-3)12-18-7-5-4-6-8-18/h9-11,13-14,18,21,31H,4-8,12,15-16H2,1-3H3,(H3,28,29,30,32). The average molecular weight is 461 g/mol. The number of aromatic nitrogens is 4. The van der Waals surface area contributed by atoms with Gasteiger partial charge in [-0.05, 0) is 56.1 Å². The molecule has 0 spiro atoms. The lowest BCUT2D eigenvalue weighted by Gasteiger charge is -2.32. The van der Waals surface area contributed by atoms with Gasteiger partial charge in [0, 0.05) is 41.9 Å². The average Bonchev–Trinajstić information content (AvgIpc) is 3.41. The predicted molar refractivity (Wildman–Crippen MR) is 139 cm³/mol. The minimum absolute atomic E-state index is 0.447. The highest BCUT2D eigenvalue weighted by molar-refractivity contribution is 5.95. The minimum atomic E-state index is 0.447. The van der Waals surface area contributed by atoms with Crippen molar-refractivity contribution in [2.45, 2.75) is 58.0 Å². The molecular formula is C27H36N6O. The zero-order chi connectivity index (χ0) is 23.7. The first-order valence-corrected chi connectivity index (χ1v) is 12.4. The molecule has 1 fully saturated rings. The van der Waals surface area contributed by atoms with Gasteiger partial charge in [-0.2, -0.15) is 0 Å². The fourth-order valence-electron chi connectivity index (χ4n) is 5.55. The summed E-state index contributed by atoms with van der Waals surface area (Å²) < 4.78 is 5.60. The third-order valence-electron chi connectivity index (χ3n) is 7.32. The van der Waals surface area contributed by atoms with E-state index in [2.05, 4.69) is 56.1 Å². The second-order valence-corrected chi connectivity index (χ2v) is 9.98. The molecule has 0 amide bonds. The van der Waals surface area contributed by atoms with Crippen LogP contribution in [0.4, 0.5) is 5.82 Å². The van der Waals surface area contributed by atoms with Crippen molar-refractivity contribution in [2.75, 3.05) is 26.5 Å². The molecule has 4 N–H and O–H groups in total. The maximum atomic E-state index is 6.07. The molecule has 0 bridgehead atoms. The SMILES string of the molecule is COCC(CC1CCCCC1)N(C)Cc1ccc2[nH]c(-c3cc(N)nc4nc(C)[nH]c34)cc2c1. The molecule has 3 aromatic heterocycles. The van der Waals surface area contributed by atoms with Gasteiger partial charge in [0.05, 0.1) is 12.1 Å². The number of ether oxygens (including phenoxy) is 1. The molecule has 34 heavy (non-hydrogen) atoms. The van der Waals surface area contributed by atoms with Crippen molar-refractivity contribution >= 4 is 27.9 Å². The van der Waals surface area contributed by atoms with E-state index in [1.807, 2.05) is 20.1 Å². The Kier molecular flexibility index (Phi) is 6.57. The smallest absolute Gasteiger partial charge is 0.180 e. The summed E-state index contributed by atoms with van der Waals surface area (Å²) in [5, 5.41) is 1.19. The van der Waals surface area contributed by atoms with Gasteiger partial charge in [0.1, 0.15) is 11.6 Å². The summed E-state index contributed by atoms with van der Waals surface area (Å²) in [5.41, 5.74) is 12.0. The van der Waals surface area contributed by atoms with E-state index in [9.17, 15) is 0 Å². The fraction of sp³-hybridized carbons (Fsp3) is 0.481. The monoisotopic (exact) mass is 460 g/mol. The number of nitrogens with zero attached hydrogens (tertiary/aromatic N) is 3. The Bertz CT molecular complexity index is 1270. The second kappa shape index (κ2) is 9.76. The Hall–Kier alpha value is -2.90. The maximum absolute atomic E-state index is 6.07. The van der Waals surface area contributed by atoms with Gasteiger partial charge in [-0.3, -0.25) is 4.90 Å². The summed E-state index contributed by atoms with van der Waals surface area (Å²) in [6.45, 7) is 3.62. The van der Waals surface area contributed by atoms with Gasteiger partial charge >= 0.3 is 0 Å². The van der Waals surface area contributed by atoms with Crippen LogP contribution in [0.25, 0.3) is 33.3 Å². The summed E-state index contributed by atoms with van der Waals surface area (Å²) >= 11 is 0. The molecule has 1 saturated carbocycles. The van der Waals surface area contributed by atoms with E-state index in [0.717, 1.165) is 47.2 Å². The van der Waals surface area contributed by atoms with E-state index in [1.165, 1.54) is 49.5 Å². The Morgan fingerprint density at radius 2 is 1.94 bits per heavy atom. The van der Waals surface area contributed by atoms with Gasteiger partial charge in [-0.25, -0.2) is 9.97 Å². The van der Waals surface area contributed by atoms with E-state index in [0.29, 0.717) is 17.5 Å². The van der Waals surface area contributed by atoms with E-state index >= 15 is 0 Å². The molecule has 3 heterocycles. The number of rotatable bonds is 8. The van der Waals surface area contributed by atoms with Crippen molar-refractivity contribution < 1.29 is 4.74 Å². The summed E-state index contributed by atoms with van der Waals surface area (Å²) in [7, 11) is 4.05. The molecular weight excluding hydrogens is 424 g/mol. The molecule has 1 aromatic carbocycles. The van der Waals surface area contributed by atoms with Crippen LogP contribution in [0.2, 0.25) is 0 Å². The number of aryl methyl sites for hydroxylation is 1. The van der Waals surface area contributed by atoms with E-state index in [1.54, 1.807) is 0 Å². The largest absolute Gasteiger partial charge is 0.384 e. The molecule has 180 valence electrons. The number of likely N-dealkylation sites (N-methyl/N-ethyl adjacent to an activating group) is 1. The predicted octanol–water partition coefficient (Wildman–Crippen LogP) is 5.41. The molecule has 1 unspecified atom stereocenters. The van der Waals surface area contributed by atoms with Crippen LogP contribution in [0.3, 0.4) is 0 Å². The van der Waals surface area contributed by atoms with E-state index in [4.69, 9.17) is 10.5 Å². The van der Waals surface area contributed by atoms with Crippen LogP contribution < -0.4 is 5.73 Å². The van der Waals surface area contributed by atoms with Crippen molar-refractivity contribution in [3.63, 3.8) is 0 Å². The summed E-state index contributed by atoms with van der Waals surface area (Å²) in [6, 6.07) is 11.2. The van der Waals surface area contributed by atoms with Crippen molar-refractivity contribution in [2.24, 2.45) is 5.92 Å². The highest BCUT2D eigenvalue weighted by Crippen LogP contribution is 2.32. The van der Waals surface area contributed by atoms with Gasteiger partial charge in [-0.1, -0.05) is 38.2 Å². The second-order valence-electron chi connectivity index (χ2n) is 9.98. The highest BCUT2D eigenvalue weighted by Gasteiger charge is 2.22. The van der Waals surface area contributed by atoms with Gasteiger partial charge in [0.15, 0.2) is 5.65 Å². The summed E-state index contributed by atoms with van der Waals surface area (Å²) in [5.74, 6) is 2.13. The molecule has 0 aliphatic heterocycles. The van der Waals surface area contributed by atoms with Crippen LogP contribution in [0.5, 0.6) is 0 Å². The quantitative estimate of drug-likeness (QED) is 0.327. The zero-order valence-electron chi connectivity index (χ0n) is 20.5. The first kappa shape index (κ1) is 22.9. The number of benzene rings is 1. The number of anilines is 1. The van der Waals surface area contributed by atoms with Crippen LogP contribution in [0, 0.1) is 12.8 Å². The van der Waals surface area contributed by atoms with E-state index < -0.39 is 0 Å². The normalized spacial score (nSPS) is 16.1. The number of nitrogens with one attached hydrogen (secondary N) is 2. The van der Waals surface area contributed by atoms with Gasteiger partial charge in [-0.15, -0.1) is 0 Å². The molecule has 0 saturated heterocycles. The number of imidazole rings is 1. The molecule has 1 aliphatic rings. The molecule has 7 nitrogen and oxygen atoms in total. The first-order valence-electron chi connectivity index (χ1n) is 12.4. The van der Waals surface area contributed by atoms with Crippen molar-refractivity contribution in [3.8, 4) is 11.3 Å². The van der Waals surface area contributed by atoms with Crippen LogP contribution in [0.1, 0.15) is 49.9 Å². The topological polar surface area (TPSA) is 95.8 Å². The molecule has 0 radical (unpaired) electrons. The molecule has 7 heteroatoms. The van der Waals surface area contributed by atoms with Gasteiger partial charge in [0.25, 0.3) is 0 Å². The van der Waals surface area contributed by atoms with Gasteiger partial charge < -0.3 is 20.4 Å². The molecule has 1 aliphatic carbocycles. The lowest BCUT2D eigenvalue weighted by atomic mass is 9.84. The van der Waals surface area contributed by atoms with Crippen LogP contribution in [0.15, 0.2) is 30.3 Å². The van der Waals surface area contributed by atoms with Crippen LogP contribution in [-0.2, 0) is 11.3 Å². The first-order chi connectivity index (χ1) is 16.5. The number of fused-ring (bicyclic) bond motifs is 2. The number of pyridine rings is 1. The Balaban J connectivity index is 1.37. The third-order valence-corrected chi connectivity index (χ3v) is 7.32. The number of hydrogen-bond acceptors (Lipinski definition) is 5. The number of H-pyrrole nitrogens is 2. The Morgan fingerprint density at radius 1 is 1.12 bits per heavy atom. The highest BCUT2D eigenvalue weighted by atomic mass is 16.5. The summed E-state index contributed by atoms with van der Waals surface area (Å²) in [6.07, 6.45) is 8.13. The fourth-order valence-corrected chi connectivity index (χ4v) is 5.55. The maximum Gasteiger partial charge on any atom is 0.180 e. The van der Waals surface area contributed by atoms with Crippen molar-refractivity contribution in [3.05, 3.63) is 41.7 Å². The third kappa shape index (κ3) is 4.81. The lowest BCUT2D eigenvalue weighted by Crippen LogP contribution is -2.37. The Labute approximate surface area is 201 Å². The van der Waals surface area contributed by atoms with Crippen molar-refractivity contribution in [1.82, 2.24) is 24.8 Å². The molecule has 5 rings (SSSR count). The van der Waals surface area contributed by atoms with Crippen LogP contribution in [-0.4, -0.2) is 51.6 Å². The van der Waals surface area contributed by atoms with Crippen LogP contribution >= 0.6 is 0 Å². The Morgan fingerprint density at radius 3 is 2.74 bits per heavy atom. The van der Waals surface area contributed by atoms with Crippen molar-refractivity contribution in [1.29, 1.82) is 0 Å². The number of methoxy groups -OCH3 is 1. The number of aromatic amines is 2. The van der Waals surface area contributed by atoms with E-state index in [-0.39, 0.29) is 0 Å². The summed E-state index contributed by atoms with van der Waals surface area (Å²) in [4.78, 5) is 18.2. The zero-order valence-corrected chi connectivity index (χ0v) is 20.5. The minimum Gasteiger partial charge on any atom is -0.384 e.